The number of rotatable bonds is 3. The summed E-state index contributed by atoms with van der Waals surface area (Å²) >= 11 is 0. The molecule has 1 heterocycles. The van der Waals surface area contributed by atoms with Gasteiger partial charge in [0.1, 0.15) is 0 Å². The Labute approximate surface area is 69.2 Å². The number of hydrogen-bond acceptors (Lipinski definition) is 2. The maximum Gasteiger partial charge on any atom is 0.0449 e. The topological polar surface area (TPSA) is 23.2 Å². The first-order valence-corrected chi connectivity index (χ1v) is 4.43. The number of aliphatic hydroxyl groups excluding tert-OH is 1. The molecule has 1 aliphatic rings. The van der Waals surface area contributed by atoms with Gasteiger partial charge in [-0.2, -0.15) is 0 Å². The second-order valence-electron chi connectivity index (χ2n) is 4.01. The summed E-state index contributed by atoms with van der Waals surface area (Å²) in [4.78, 5) is 2.45. The van der Waals surface area contributed by atoms with Gasteiger partial charge < -0.3 is 5.11 Å². The van der Waals surface area contributed by atoms with E-state index in [-0.39, 0.29) is 5.54 Å². The van der Waals surface area contributed by atoms with Crippen molar-refractivity contribution in [3.05, 3.63) is 0 Å². The Hall–Kier alpha value is -0.0800. The van der Waals surface area contributed by atoms with Crippen LogP contribution in [0.1, 0.15) is 34.1 Å². The Morgan fingerprint density at radius 2 is 2.09 bits per heavy atom. The van der Waals surface area contributed by atoms with E-state index in [9.17, 15) is 0 Å². The van der Waals surface area contributed by atoms with Gasteiger partial charge in [-0.15, -0.1) is 0 Å². The van der Waals surface area contributed by atoms with Crippen LogP contribution in [0.2, 0.25) is 0 Å². The molecule has 0 aromatic rings. The van der Waals surface area contributed by atoms with Gasteiger partial charge in [-0.05, 0) is 34.1 Å². The van der Waals surface area contributed by atoms with Crippen molar-refractivity contribution in [2.24, 2.45) is 0 Å². The van der Waals surface area contributed by atoms with Crippen LogP contribution in [-0.2, 0) is 0 Å². The average Bonchev–Trinajstić information content (AvgIpc) is 2.36. The minimum absolute atomic E-state index is 0.281. The lowest BCUT2D eigenvalue weighted by Gasteiger charge is -2.13. The first kappa shape index (κ1) is 9.01. The molecule has 0 aromatic heterocycles. The lowest BCUT2D eigenvalue weighted by molar-refractivity contribution is 0.245. The highest BCUT2D eigenvalue weighted by Gasteiger charge is 2.56. The van der Waals surface area contributed by atoms with Crippen molar-refractivity contribution in [3.63, 3.8) is 0 Å². The SMILES string of the molecule is CC(C)N1C(C)C1(C)CCO. The molecular weight excluding hydrogens is 138 g/mol. The van der Waals surface area contributed by atoms with Crippen LogP contribution in [0.3, 0.4) is 0 Å². The molecule has 0 spiro atoms. The zero-order valence-corrected chi connectivity index (χ0v) is 7.96. The van der Waals surface area contributed by atoms with E-state index in [1.165, 1.54) is 0 Å². The predicted molar refractivity (Wildman–Crippen MR) is 46.5 cm³/mol. The van der Waals surface area contributed by atoms with E-state index in [1.54, 1.807) is 0 Å². The molecule has 2 heteroatoms. The summed E-state index contributed by atoms with van der Waals surface area (Å²) in [6, 6.07) is 1.26. The molecule has 1 aliphatic heterocycles. The van der Waals surface area contributed by atoms with Gasteiger partial charge in [0.25, 0.3) is 0 Å². The highest BCUT2D eigenvalue weighted by molar-refractivity contribution is 5.12. The van der Waals surface area contributed by atoms with Crippen LogP contribution in [0.4, 0.5) is 0 Å². The Balaban J connectivity index is 2.50. The van der Waals surface area contributed by atoms with Crippen molar-refractivity contribution in [2.75, 3.05) is 6.61 Å². The number of aliphatic hydroxyl groups is 1. The van der Waals surface area contributed by atoms with E-state index in [1.807, 2.05) is 0 Å². The van der Waals surface area contributed by atoms with Crippen LogP contribution in [0.15, 0.2) is 0 Å². The van der Waals surface area contributed by atoms with Gasteiger partial charge in [-0.3, -0.25) is 4.90 Å². The van der Waals surface area contributed by atoms with Crippen molar-refractivity contribution in [1.29, 1.82) is 0 Å². The molecule has 1 rings (SSSR count). The predicted octanol–water partition coefficient (Wildman–Crippen LogP) is 1.24. The molecule has 1 saturated heterocycles. The Bertz CT molecular complexity index is 146. The summed E-state index contributed by atoms with van der Waals surface area (Å²) in [6.07, 6.45) is 0.909. The van der Waals surface area contributed by atoms with Gasteiger partial charge in [0.15, 0.2) is 0 Å². The third-order valence-corrected chi connectivity index (χ3v) is 3.01. The second-order valence-corrected chi connectivity index (χ2v) is 4.01. The summed E-state index contributed by atoms with van der Waals surface area (Å²) in [6.45, 7) is 9.19. The molecule has 3 atom stereocenters. The van der Waals surface area contributed by atoms with Crippen LogP contribution in [0, 0.1) is 0 Å². The molecule has 1 fully saturated rings. The van der Waals surface area contributed by atoms with E-state index in [2.05, 4.69) is 32.6 Å². The lowest BCUT2D eigenvalue weighted by atomic mass is 10.1. The molecule has 3 unspecified atom stereocenters. The maximum absolute atomic E-state index is 8.83. The van der Waals surface area contributed by atoms with E-state index in [4.69, 9.17) is 5.11 Å². The van der Waals surface area contributed by atoms with Crippen LogP contribution >= 0.6 is 0 Å². The van der Waals surface area contributed by atoms with E-state index in [0.29, 0.717) is 18.7 Å². The van der Waals surface area contributed by atoms with Crippen molar-refractivity contribution in [3.8, 4) is 0 Å². The second kappa shape index (κ2) is 2.76. The Morgan fingerprint density at radius 1 is 1.55 bits per heavy atom. The zero-order valence-electron chi connectivity index (χ0n) is 7.96. The fourth-order valence-electron chi connectivity index (χ4n) is 2.24. The summed E-state index contributed by atoms with van der Waals surface area (Å²) < 4.78 is 0. The minimum Gasteiger partial charge on any atom is -0.396 e. The van der Waals surface area contributed by atoms with Crippen molar-refractivity contribution in [1.82, 2.24) is 4.90 Å². The maximum atomic E-state index is 8.83. The van der Waals surface area contributed by atoms with Crippen LogP contribution < -0.4 is 0 Å². The Morgan fingerprint density at radius 3 is 2.36 bits per heavy atom. The van der Waals surface area contributed by atoms with Crippen molar-refractivity contribution < 1.29 is 5.11 Å². The lowest BCUT2D eigenvalue weighted by Crippen LogP contribution is -2.21. The molecule has 0 radical (unpaired) electrons. The molecule has 2 nitrogen and oxygen atoms in total. The highest BCUT2D eigenvalue weighted by atomic mass is 16.3. The smallest absolute Gasteiger partial charge is 0.0449 e. The zero-order chi connectivity index (χ0) is 8.65. The van der Waals surface area contributed by atoms with Crippen LogP contribution in [-0.4, -0.2) is 34.2 Å². The molecule has 0 bridgehead atoms. The molecule has 66 valence electrons. The first-order valence-electron chi connectivity index (χ1n) is 4.43. The largest absolute Gasteiger partial charge is 0.396 e. The molecule has 0 aromatic carbocycles. The third kappa shape index (κ3) is 1.30. The fraction of sp³-hybridized carbons (Fsp3) is 1.00. The molecular formula is C9H19NO. The molecule has 11 heavy (non-hydrogen) atoms. The van der Waals surface area contributed by atoms with E-state index < -0.39 is 0 Å². The number of nitrogens with zero attached hydrogens (tertiary/aromatic N) is 1. The van der Waals surface area contributed by atoms with Gasteiger partial charge in [0.05, 0.1) is 0 Å². The number of hydrogen-bond donors (Lipinski definition) is 1. The van der Waals surface area contributed by atoms with E-state index in [0.717, 1.165) is 6.42 Å². The summed E-state index contributed by atoms with van der Waals surface area (Å²) in [7, 11) is 0. The quantitative estimate of drug-likeness (QED) is 0.623. The van der Waals surface area contributed by atoms with Gasteiger partial charge in [-0.25, -0.2) is 0 Å². The minimum atomic E-state index is 0.281. The van der Waals surface area contributed by atoms with Gasteiger partial charge in [0.2, 0.25) is 0 Å². The molecule has 0 saturated carbocycles. The fourth-order valence-corrected chi connectivity index (χ4v) is 2.24. The average molecular weight is 157 g/mol. The standard InChI is InChI=1S/C9H19NO/c1-7(2)10-8(3)9(10,4)5-6-11/h7-8,11H,5-6H2,1-4H3. The van der Waals surface area contributed by atoms with Crippen LogP contribution in [0.5, 0.6) is 0 Å². The third-order valence-electron chi connectivity index (χ3n) is 3.01. The summed E-state index contributed by atoms with van der Waals surface area (Å²) in [5.41, 5.74) is 0.281. The summed E-state index contributed by atoms with van der Waals surface area (Å²) in [5, 5.41) is 8.83. The van der Waals surface area contributed by atoms with Crippen molar-refractivity contribution >= 4 is 0 Å². The molecule has 0 aliphatic carbocycles. The summed E-state index contributed by atoms with van der Waals surface area (Å²) in [5.74, 6) is 0. The van der Waals surface area contributed by atoms with Gasteiger partial charge >= 0.3 is 0 Å². The first-order chi connectivity index (χ1) is 5.04. The molecule has 0 amide bonds. The normalized spacial score (nSPS) is 43.1. The van der Waals surface area contributed by atoms with Gasteiger partial charge in [0, 0.05) is 24.2 Å². The Kier molecular flexibility index (Phi) is 2.26. The van der Waals surface area contributed by atoms with Crippen molar-refractivity contribution in [2.45, 2.75) is 51.7 Å². The van der Waals surface area contributed by atoms with Crippen LogP contribution in [0.25, 0.3) is 0 Å². The highest BCUT2D eigenvalue weighted by Crippen LogP contribution is 2.44. The molecule has 1 N–H and O–H groups in total. The monoisotopic (exact) mass is 157 g/mol. The van der Waals surface area contributed by atoms with E-state index >= 15 is 0 Å². The van der Waals surface area contributed by atoms with Gasteiger partial charge in [-0.1, -0.05) is 0 Å².